The Hall–Kier alpha value is 0.140. The summed E-state index contributed by atoms with van der Waals surface area (Å²) in [5.41, 5.74) is 2.71. The monoisotopic (exact) mass is 348 g/mol. The van der Waals surface area contributed by atoms with E-state index >= 15 is 0 Å². The third kappa shape index (κ3) is 3.08. The van der Waals surface area contributed by atoms with Gasteiger partial charge in [-0.2, -0.15) is 0 Å². The summed E-state index contributed by atoms with van der Waals surface area (Å²) in [4.78, 5) is 0. The second-order valence-corrected chi connectivity index (χ2v) is 5.12. The third-order valence-electron chi connectivity index (χ3n) is 2.81. The molecule has 1 nitrogen and oxygen atoms in total. The van der Waals surface area contributed by atoms with Crippen molar-refractivity contribution in [1.29, 1.82) is 0 Å². The van der Waals surface area contributed by atoms with Gasteiger partial charge in [-0.1, -0.05) is 56.1 Å². The van der Waals surface area contributed by atoms with Crippen molar-refractivity contribution < 1.29 is 4.74 Å². The molecule has 0 saturated carbocycles. The molecule has 0 aromatic heterocycles. The summed E-state index contributed by atoms with van der Waals surface area (Å²) >= 11 is 7.25. The van der Waals surface area contributed by atoms with E-state index in [-0.39, 0.29) is 5.41 Å². The molecule has 0 radical (unpaired) electrons. The largest absolute Gasteiger partial charge is 0.381 e. The molecule has 0 saturated heterocycles. The van der Waals surface area contributed by atoms with E-state index < -0.39 is 0 Å². The highest BCUT2D eigenvalue weighted by Gasteiger charge is 2.31. The normalized spacial score (nSPS) is 11.8. The zero-order chi connectivity index (χ0) is 12.0. The maximum Gasteiger partial charge on any atom is 0.0579 e. The van der Waals surface area contributed by atoms with Crippen LogP contribution in [0.25, 0.3) is 0 Å². The number of rotatable bonds is 6. The predicted octanol–water partition coefficient (Wildman–Crippen LogP) is 4.06. The molecule has 0 amide bonds. The Morgan fingerprint density at radius 3 is 2.31 bits per heavy atom. The van der Waals surface area contributed by atoms with Crippen LogP contribution in [0.1, 0.15) is 18.1 Å². The van der Waals surface area contributed by atoms with Crippen LogP contribution in [0, 0.1) is 6.92 Å². The minimum Gasteiger partial charge on any atom is -0.381 e. The number of ether oxygens (including phenoxy) is 1. The Morgan fingerprint density at radius 1 is 1.19 bits per heavy atom. The molecule has 0 fully saturated rings. The molecule has 0 bridgehead atoms. The lowest BCUT2D eigenvalue weighted by Gasteiger charge is -2.31. The Morgan fingerprint density at radius 2 is 1.81 bits per heavy atom. The summed E-state index contributed by atoms with van der Waals surface area (Å²) in [7, 11) is 0. The lowest BCUT2D eigenvalue weighted by Crippen LogP contribution is -2.36. The van der Waals surface area contributed by atoms with Crippen LogP contribution >= 0.6 is 31.9 Å². The lowest BCUT2D eigenvalue weighted by molar-refractivity contribution is 0.109. The number of alkyl halides is 2. The van der Waals surface area contributed by atoms with Gasteiger partial charge in [0.15, 0.2) is 0 Å². The lowest BCUT2D eigenvalue weighted by atomic mass is 9.83. The molecular formula is C13H18Br2O. The summed E-state index contributed by atoms with van der Waals surface area (Å²) in [5, 5.41) is 1.80. The van der Waals surface area contributed by atoms with Crippen molar-refractivity contribution in [2.24, 2.45) is 0 Å². The van der Waals surface area contributed by atoms with Gasteiger partial charge in [0.05, 0.1) is 6.61 Å². The maximum atomic E-state index is 5.63. The van der Waals surface area contributed by atoms with Crippen LogP contribution in [-0.2, 0) is 10.2 Å². The SMILES string of the molecule is CCOCC(CBr)(CBr)c1ccccc1C. The molecule has 16 heavy (non-hydrogen) atoms. The molecule has 0 aliphatic rings. The van der Waals surface area contributed by atoms with Gasteiger partial charge in [0.1, 0.15) is 0 Å². The highest BCUT2D eigenvalue weighted by atomic mass is 79.9. The topological polar surface area (TPSA) is 9.23 Å². The maximum absolute atomic E-state index is 5.63. The summed E-state index contributed by atoms with van der Waals surface area (Å²) in [6.07, 6.45) is 0. The Labute approximate surface area is 115 Å². The van der Waals surface area contributed by atoms with E-state index in [1.165, 1.54) is 11.1 Å². The van der Waals surface area contributed by atoms with Crippen LogP contribution in [0.3, 0.4) is 0 Å². The van der Waals surface area contributed by atoms with Gasteiger partial charge in [-0.05, 0) is 25.0 Å². The van der Waals surface area contributed by atoms with Crippen molar-refractivity contribution in [3.8, 4) is 0 Å². The van der Waals surface area contributed by atoms with Crippen molar-refractivity contribution in [3.05, 3.63) is 35.4 Å². The first-order valence-corrected chi connectivity index (χ1v) is 7.70. The van der Waals surface area contributed by atoms with E-state index in [9.17, 15) is 0 Å². The van der Waals surface area contributed by atoms with E-state index in [1.54, 1.807) is 0 Å². The molecule has 1 aromatic rings. The van der Waals surface area contributed by atoms with Gasteiger partial charge >= 0.3 is 0 Å². The summed E-state index contributed by atoms with van der Waals surface area (Å²) < 4.78 is 5.63. The number of benzene rings is 1. The zero-order valence-corrected chi connectivity index (χ0v) is 13.0. The fourth-order valence-corrected chi connectivity index (χ4v) is 3.66. The third-order valence-corrected chi connectivity index (χ3v) is 4.96. The first kappa shape index (κ1) is 14.2. The fourth-order valence-electron chi connectivity index (χ4n) is 1.80. The van der Waals surface area contributed by atoms with Crippen molar-refractivity contribution in [2.75, 3.05) is 23.9 Å². The van der Waals surface area contributed by atoms with E-state index in [2.05, 4.69) is 63.0 Å². The highest BCUT2D eigenvalue weighted by molar-refractivity contribution is 9.09. The minimum atomic E-state index is 0.0291. The molecule has 1 aromatic carbocycles. The molecule has 0 spiro atoms. The molecule has 3 heteroatoms. The van der Waals surface area contributed by atoms with Crippen LogP contribution < -0.4 is 0 Å². The average Bonchev–Trinajstić information content (AvgIpc) is 2.33. The van der Waals surface area contributed by atoms with E-state index in [0.717, 1.165) is 23.9 Å². The Balaban J connectivity index is 3.05. The molecule has 1 rings (SSSR count). The molecule has 0 heterocycles. The van der Waals surface area contributed by atoms with Gasteiger partial charge < -0.3 is 4.74 Å². The number of aryl methyl sites for hydroxylation is 1. The van der Waals surface area contributed by atoms with E-state index in [4.69, 9.17) is 4.74 Å². The second kappa shape index (κ2) is 6.77. The molecule has 90 valence electrons. The van der Waals surface area contributed by atoms with Gasteiger partial charge in [-0.3, -0.25) is 0 Å². The quantitative estimate of drug-likeness (QED) is 0.704. The van der Waals surface area contributed by atoms with E-state index in [1.807, 2.05) is 6.92 Å². The molecule has 0 N–H and O–H groups in total. The van der Waals surface area contributed by atoms with Crippen molar-refractivity contribution in [3.63, 3.8) is 0 Å². The van der Waals surface area contributed by atoms with Crippen molar-refractivity contribution in [1.82, 2.24) is 0 Å². The molecular weight excluding hydrogens is 332 g/mol. The molecule has 0 aliphatic heterocycles. The highest BCUT2D eigenvalue weighted by Crippen LogP contribution is 2.31. The Bertz CT molecular complexity index is 321. The van der Waals surface area contributed by atoms with Crippen molar-refractivity contribution in [2.45, 2.75) is 19.3 Å². The minimum absolute atomic E-state index is 0.0291. The molecule has 0 aliphatic carbocycles. The van der Waals surface area contributed by atoms with Crippen LogP contribution in [0.5, 0.6) is 0 Å². The summed E-state index contributed by atoms with van der Waals surface area (Å²) in [6, 6.07) is 8.51. The fraction of sp³-hybridized carbons (Fsp3) is 0.538. The van der Waals surface area contributed by atoms with Crippen LogP contribution in [0.15, 0.2) is 24.3 Å². The summed E-state index contributed by atoms with van der Waals surface area (Å²) in [6.45, 7) is 5.69. The molecule has 0 unspecified atom stereocenters. The average molecular weight is 350 g/mol. The van der Waals surface area contributed by atoms with Crippen LogP contribution in [-0.4, -0.2) is 23.9 Å². The predicted molar refractivity (Wildman–Crippen MR) is 76.9 cm³/mol. The number of hydrogen-bond donors (Lipinski definition) is 0. The van der Waals surface area contributed by atoms with Crippen LogP contribution in [0.2, 0.25) is 0 Å². The number of hydrogen-bond acceptors (Lipinski definition) is 1. The van der Waals surface area contributed by atoms with Gasteiger partial charge in [0.2, 0.25) is 0 Å². The van der Waals surface area contributed by atoms with Gasteiger partial charge in [0, 0.05) is 22.7 Å². The van der Waals surface area contributed by atoms with Gasteiger partial charge in [-0.15, -0.1) is 0 Å². The second-order valence-electron chi connectivity index (χ2n) is 4.00. The standard InChI is InChI=1S/C13H18Br2O/c1-3-16-10-13(8-14,9-15)12-7-5-4-6-11(12)2/h4-7H,3,8-10H2,1-2H3. The smallest absolute Gasteiger partial charge is 0.0579 e. The van der Waals surface area contributed by atoms with Crippen LogP contribution in [0.4, 0.5) is 0 Å². The van der Waals surface area contributed by atoms with Crippen molar-refractivity contribution >= 4 is 31.9 Å². The first-order chi connectivity index (χ1) is 7.70. The van der Waals surface area contributed by atoms with E-state index in [0.29, 0.717) is 0 Å². The van der Waals surface area contributed by atoms with Gasteiger partial charge in [0.25, 0.3) is 0 Å². The molecule has 0 atom stereocenters. The zero-order valence-electron chi connectivity index (χ0n) is 9.80. The van der Waals surface area contributed by atoms with Gasteiger partial charge in [-0.25, -0.2) is 0 Å². The Kier molecular flexibility index (Phi) is 6.01. The summed E-state index contributed by atoms with van der Waals surface area (Å²) in [5.74, 6) is 0. The first-order valence-electron chi connectivity index (χ1n) is 5.46. The number of halogens is 2.